The van der Waals surface area contributed by atoms with Crippen LogP contribution in [0.1, 0.15) is 69.0 Å². The lowest BCUT2D eigenvalue weighted by atomic mass is 10.0. The zero-order chi connectivity index (χ0) is 21.9. The predicted molar refractivity (Wildman–Crippen MR) is 117 cm³/mol. The van der Waals surface area contributed by atoms with E-state index in [-0.39, 0.29) is 18.0 Å². The van der Waals surface area contributed by atoms with Crippen molar-refractivity contribution in [3.8, 4) is 0 Å². The molecular weight excluding hydrogens is 402 g/mol. The molecule has 0 atom stereocenters. The van der Waals surface area contributed by atoms with Crippen LogP contribution in [0.3, 0.4) is 0 Å². The van der Waals surface area contributed by atoms with Crippen LogP contribution in [0.5, 0.6) is 0 Å². The first-order chi connectivity index (χ1) is 14.1. The lowest BCUT2D eigenvalue weighted by Gasteiger charge is -2.34. The van der Waals surface area contributed by atoms with Gasteiger partial charge in [-0.2, -0.15) is 0 Å². The summed E-state index contributed by atoms with van der Waals surface area (Å²) in [5.74, 6) is 0.298. The van der Waals surface area contributed by atoms with Crippen molar-refractivity contribution in [3.63, 3.8) is 0 Å². The van der Waals surface area contributed by atoms with Gasteiger partial charge < -0.3 is 14.2 Å². The van der Waals surface area contributed by atoms with Crippen molar-refractivity contribution in [2.75, 3.05) is 18.4 Å². The smallest absolute Gasteiger partial charge is 0.410 e. The van der Waals surface area contributed by atoms with E-state index in [0.717, 1.165) is 24.3 Å². The van der Waals surface area contributed by atoms with Gasteiger partial charge in [-0.1, -0.05) is 25.2 Å². The predicted octanol–water partition coefficient (Wildman–Crippen LogP) is 4.36. The maximum absolute atomic E-state index is 12.8. The first-order valence-electron chi connectivity index (χ1n) is 10.4. The highest BCUT2D eigenvalue weighted by atomic mass is 32.1. The van der Waals surface area contributed by atoms with E-state index in [0.29, 0.717) is 29.8 Å². The van der Waals surface area contributed by atoms with Crippen molar-refractivity contribution in [2.24, 2.45) is 5.92 Å². The number of likely N-dealkylation sites (tertiary alicyclic amines) is 1. The maximum Gasteiger partial charge on any atom is 0.410 e. The number of carbonyl (C=O) groups is 2. The van der Waals surface area contributed by atoms with Crippen LogP contribution >= 0.6 is 11.3 Å². The van der Waals surface area contributed by atoms with E-state index in [1.165, 1.54) is 11.3 Å². The lowest BCUT2D eigenvalue weighted by molar-refractivity contribution is 0.0187. The third kappa shape index (κ3) is 5.81. The average molecular weight is 434 g/mol. The summed E-state index contributed by atoms with van der Waals surface area (Å²) in [6.07, 6.45) is 4.03. The molecule has 0 aliphatic carbocycles. The molecule has 0 unspecified atom stereocenters. The second kappa shape index (κ2) is 9.16. The van der Waals surface area contributed by atoms with Gasteiger partial charge in [0.15, 0.2) is 0 Å². The monoisotopic (exact) mass is 433 g/mol. The van der Waals surface area contributed by atoms with Crippen molar-refractivity contribution < 1.29 is 14.3 Å². The molecule has 0 spiro atoms. The molecule has 164 valence electrons. The minimum atomic E-state index is -0.501. The van der Waals surface area contributed by atoms with Crippen LogP contribution in [0.2, 0.25) is 0 Å². The van der Waals surface area contributed by atoms with E-state index >= 15 is 0 Å². The third-order valence-electron chi connectivity index (χ3n) is 4.79. The van der Waals surface area contributed by atoms with E-state index < -0.39 is 5.60 Å². The van der Waals surface area contributed by atoms with Crippen LogP contribution < -0.4 is 5.32 Å². The Kier molecular flexibility index (Phi) is 6.80. The maximum atomic E-state index is 12.8. The summed E-state index contributed by atoms with van der Waals surface area (Å²) in [7, 11) is 0. The van der Waals surface area contributed by atoms with Crippen LogP contribution in [-0.2, 0) is 11.2 Å². The van der Waals surface area contributed by atoms with Gasteiger partial charge in [0.1, 0.15) is 16.3 Å². The lowest BCUT2D eigenvalue weighted by Crippen LogP contribution is -2.42. The number of ether oxygens (including phenoxy) is 1. The number of hydrogen-bond acceptors (Lipinski definition) is 6. The zero-order valence-corrected chi connectivity index (χ0v) is 19.2. The standard InChI is InChI=1S/C21H31N5O3S/c1-14(2)13-17-23-24-19(30-17)22-18(27)16-7-6-10-26(16)15-8-11-25(12-9-15)20(28)29-21(3,4)5/h6-7,10,14-15H,8-9,11-13H2,1-5H3,(H,22,24,27). The Morgan fingerprint density at radius 3 is 2.60 bits per heavy atom. The molecule has 3 rings (SSSR count). The molecule has 0 radical (unpaired) electrons. The summed E-state index contributed by atoms with van der Waals surface area (Å²) in [4.78, 5) is 26.8. The number of amides is 2. The van der Waals surface area contributed by atoms with Gasteiger partial charge >= 0.3 is 6.09 Å². The summed E-state index contributed by atoms with van der Waals surface area (Å²) in [6.45, 7) is 11.1. The first-order valence-corrected chi connectivity index (χ1v) is 11.2. The molecule has 2 aromatic rings. The second-order valence-corrected chi connectivity index (χ2v) is 10.1. The minimum absolute atomic E-state index is 0.158. The van der Waals surface area contributed by atoms with Gasteiger partial charge in [-0.15, -0.1) is 10.2 Å². The molecule has 1 saturated heterocycles. The molecule has 1 N–H and O–H groups in total. The highest BCUT2D eigenvalue weighted by molar-refractivity contribution is 7.15. The minimum Gasteiger partial charge on any atom is -0.444 e. The Morgan fingerprint density at radius 1 is 1.27 bits per heavy atom. The molecule has 8 nitrogen and oxygen atoms in total. The fourth-order valence-corrected chi connectivity index (χ4v) is 4.40. The van der Waals surface area contributed by atoms with E-state index in [1.807, 2.05) is 43.7 Å². The molecule has 3 heterocycles. The highest BCUT2D eigenvalue weighted by Crippen LogP contribution is 2.26. The fourth-order valence-electron chi connectivity index (χ4n) is 3.45. The summed E-state index contributed by atoms with van der Waals surface area (Å²) < 4.78 is 7.46. The SMILES string of the molecule is CC(C)Cc1nnc(NC(=O)c2cccn2C2CCN(C(=O)OC(C)(C)C)CC2)s1. The Bertz CT molecular complexity index is 875. The number of carbonyl (C=O) groups excluding carboxylic acids is 2. The second-order valence-electron chi connectivity index (χ2n) is 9.05. The Morgan fingerprint density at radius 2 is 1.97 bits per heavy atom. The number of nitrogens with zero attached hydrogens (tertiary/aromatic N) is 4. The number of aromatic nitrogens is 3. The van der Waals surface area contributed by atoms with Gasteiger partial charge in [-0.05, 0) is 51.7 Å². The van der Waals surface area contributed by atoms with Crippen molar-refractivity contribution in [2.45, 2.75) is 65.5 Å². The first kappa shape index (κ1) is 22.3. The van der Waals surface area contributed by atoms with Gasteiger partial charge in [-0.3, -0.25) is 10.1 Å². The van der Waals surface area contributed by atoms with Gasteiger partial charge in [0.2, 0.25) is 5.13 Å². The Balaban J connectivity index is 1.60. The normalized spacial score (nSPS) is 15.5. The number of rotatable bonds is 5. The molecule has 0 bridgehead atoms. The van der Waals surface area contributed by atoms with Crippen LogP contribution in [0.4, 0.5) is 9.93 Å². The Labute approximate surface area is 181 Å². The number of piperidine rings is 1. The van der Waals surface area contributed by atoms with Gasteiger partial charge in [0, 0.05) is 31.7 Å². The molecule has 0 saturated carbocycles. The van der Waals surface area contributed by atoms with E-state index in [9.17, 15) is 9.59 Å². The number of nitrogens with one attached hydrogen (secondary N) is 1. The van der Waals surface area contributed by atoms with Crippen molar-refractivity contribution in [3.05, 3.63) is 29.0 Å². The molecule has 0 aromatic carbocycles. The fraction of sp³-hybridized carbons (Fsp3) is 0.619. The summed E-state index contributed by atoms with van der Waals surface area (Å²) in [5, 5.41) is 12.5. The van der Waals surface area contributed by atoms with Crippen LogP contribution in [0.15, 0.2) is 18.3 Å². The quantitative estimate of drug-likeness (QED) is 0.757. The summed E-state index contributed by atoms with van der Waals surface area (Å²) in [6, 6.07) is 3.84. The van der Waals surface area contributed by atoms with Crippen molar-refractivity contribution in [1.82, 2.24) is 19.7 Å². The van der Waals surface area contributed by atoms with Gasteiger partial charge in [0.25, 0.3) is 5.91 Å². The molecule has 2 amide bonds. The largest absolute Gasteiger partial charge is 0.444 e. The van der Waals surface area contributed by atoms with E-state index in [2.05, 4.69) is 29.4 Å². The summed E-state index contributed by atoms with van der Waals surface area (Å²) in [5.41, 5.74) is 0.0885. The van der Waals surface area contributed by atoms with Crippen LogP contribution in [-0.4, -0.2) is 50.4 Å². The number of anilines is 1. The van der Waals surface area contributed by atoms with Gasteiger partial charge in [0.05, 0.1) is 0 Å². The molecular formula is C21H31N5O3S. The molecule has 1 fully saturated rings. The molecule has 1 aliphatic rings. The molecule has 2 aromatic heterocycles. The van der Waals surface area contributed by atoms with Crippen LogP contribution in [0, 0.1) is 5.92 Å². The molecule has 30 heavy (non-hydrogen) atoms. The average Bonchev–Trinajstić information content (AvgIpc) is 3.29. The topological polar surface area (TPSA) is 89.4 Å². The zero-order valence-electron chi connectivity index (χ0n) is 18.3. The van der Waals surface area contributed by atoms with Gasteiger partial charge in [-0.25, -0.2) is 4.79 Å². The van der Waals surface area contributed by atoms with E-state index in [4.69, 9.17) is 4.74 Å². The molecule has 9 heteroatoms. The highest BCUT2D eigenvalue weighted by Gasteiger charge is 2.29. The Hall–Kier alpha value is -2.42. The van der Waals surface area contributed by atoms with Crippen molar-refractivity contribution >= 4 is 28.5 Å². The third-order valence-corrected chi connectivity index (χ3v) is 5.65. The summed E-state index contributed by atoms with van der Waals surface area (Å²) >= 11 is 1.41. The van der Waals surface area contributed by atoms with E-state index in [1.54, 1.807) is 4.90 Å². The van der Waals surface area contributed by atoms with Crippen LogP contribution in [0.25, 0.3) is 0 Å². The number of hydrogen-bond donors (Lipinski definition) is 1. The molecule has 1 aliphatic heterocycles. The van der Waals surface area contributed by atoms with Crippen molar-refractivity contribution in [1.29, 1.82) is 0 Å².